The van der Waals surface area contributed by atoms with Gasteiger partial charge in [-0.3, -0.25) is 9.78 Å². The lowest BCUT2D eigenvalue weighted by molar-refractivity contribution is 0.0665. The molecule has 0 radical (unpaired) electrons. The van der Waals surface area contributed by atoms with Crippen molar-refractivity contribution in [2.24, 2.45) is 5.92 Å². The fraction of sp³-hybridized carbons (Fsp3) is 0.538. The minimum atomic E-state index is 0.00968. The molecule has 0 aromatic carbocycles. The van der Waals surface area contributed by atoms with Gasteiger partial charge in [0.15, 0.2) is 0 Å². The second-order valence-corrected chi connectivity index (χ2v) is 4.64. The normalized spacial score (nSPS) is 20.3. The number of nitrogens with zero attached hydrogens (tertiary/aromatic N) is 2. The Hall–Kier alpha value is -1.58. The number of hydrogen-bond acceptors (Lipinski definition) is 3. The number of rotatable bonds is 2. The van der Waals surface area contributed by atoms with Gasteiger partial charge in [-0.25, -0.2) is 0 Å². The maximum absolute atomic E-state index is 12.2. The first kappa shape index (κ1) is 11.9. The van der Waals surface area contributed by atoms with Crippen LogP contribution in [-0.4, -0.2) is 28.9 Å². The number of aromatic nitrogens is 1. The molecule has 92 valence electrons. The molecule has 4 nitrogen and oxygen atoms in total. The smallest absolute Gasteiger partial charge is 0.272 e. The highest BCUT2D eigenvalue weighted by atomic mass is 16.2. The van der Waals surface area contributed by atoms with Crippen LogP contribution in [0.4, 0.5) is 5.69 Å². The second kappa shape index (κ2) is 5.17. The van der Waals surface area contributed by atoms with E-state index < -0.39 is 0 Å². The number of nitrogen functional groups attached to an aromatic ring is 1. The summed E-state index contributed by atoms with van der Waals surface area (Å²) >= 11 is 0. The monoisotopic (exact) mass is 233 g/mol. The summed E-state index contributed by atoms with van der Waals surface area (Å²) in [5.74, 6) is 0.643. The van der Waals surface area contributed by atoms with Crippen LogP contribution in [0.25, 0.3) is 0 Å². The molecule has 1 unspecified atom stereocenters. The van der Waals surface area contributed by atoms with Gasteiger partial charge in [-0.2, -0.15) is 0 Å². The highest BCUT2D eigenvalue weighted by Gasteiger charge is 2.24. The molecule has 0 aliphatic carbocycles. The van der Waals surface area contributed by atoms with Crippen molar-refractivity contribution in [1.82, 2.24) is 9.88 Å². The SMILES string of the molecule is CCC1CCCN(C(=O)c2cc(N)ccn2)C1. The molecule has 0 spiro atoms. The largest absolute Gasteiger partial charge is 0.399 e. The summed E-state index contributed by atoms with van der Waals surface area (Å²) < 4.78 is 0. The fourth-order valence-corrected chi connectivity index (χ4v) is 2.31. The Balaban J connectivity index is 2.09. The van der Waals surface area contributed by atoms with E-state index in [9.17, 15) is 4.79 Å². The van der Waals surface area contributed by atoms with Crippen LogP contribution >= 0.6 is 0 Å². The minimum Gasteiger partial charge on any atom is -0.399 e. The molecule has 1 amide bonds. The van der Waals surface area contributed by atoms with Crippen molar-refractivity contribution < 1.29 is 4.79 Å². The van der Waals surface area contributed by atoms with E-state index in [-0.39, 0.29) is 5.91 Å². The third kappa shape index (κ3) is 2.75. The summed E-state index contributed by atoms with van der Waals surface area (Å²) in [6, 6.07) is 3.35. The van der Waals surface area contributed by atoms with Crippen molar-refractivity contribution in [2.75, 3.05) is 18.8 Å². The van der Waals surface area contributed by atoms with E-state index in [0.29, 0.717) is 17.3 Å². The standard InChI is InChI=1S/C13H19N3O/c1-2-10-4-3-7-16(9-10)13(17)12-8-11(14)5-6-15-12/h5-6,8,10H,2-4,7,9H2,1H3,(H2,14,15). The van der Waals surface area contributed by atoms with Crippen LogP contribution in [-0.2, 0) is 0 Å². The first-order chi connectivity index (χ1) is 8.20. The summed E-state index contributed by atoms with van der Waals surface area (Å²) in [5, 5.41) is 0. The zero-order valence-electron chi connectivity index (χ0n) is 10.2. The maximum Gasteiger partial charge on any atom is 0.272 e. The Morgan fingerprint density at radius 1 is 1.65 bits per heavy atom. The molecule has 0 saturated carbocycles. The zero-order chi connectivity index (χ0) is 12.3. The molecule has 1 aliphatic heterocycles. The van der Waals surface area contributed by atoms with E-state index in [1.54, 1.807) is 18.3 Å². The predicted molar refractivity (Wildman–Crippen MR) is 67.6 cm³/mol. The van der Waals surface area contributed by atoms with Gasteiger partial charge in [0, 0.05) is 25.0 Å². The van der Waals surface area contributed by atoms with Crippen LogP contribution in [0.5, 0.6) is 0 Å². The van der Waals surface area contributed by atoms with Crippen LogP contribution < -0.4 is 5.73 Å². The Bertz CT molecular complexity index is 405. The summed E-state index contributed by atoms with van der Waals surface area (Å²) in [7, 11) is 0. The number of carbonyl (C=O) groups excluding carboxylic acids is 1. The van der Waals surface area contributed by atoms with Gasteiger partial charge >= 0.3 is 0 Å². The quantitative estimate of drug-likeness (QED) is 0.849. The summed E-state index contributed by atoms with van der Waals surface area (Å²) in [6.07, 6.45) is 5.04. The zero-order valence-corrected chi connectivity index (χ0v) is 10.2. The van der Waals surface area contributed by atoms with Crippen LogP contribution in [0, 0.1) is 5.92 Å². The lowest BCUT2D eigenvalue weighted by Gasteiger charge is -2.32. The molecule has 2 rings (SSSR count). The molecular weight excluding hydrogens is 214 g/mol. The molecule has 2 heterocycles. The first-order valence-electron chi connectivity index (χ1n) is 6.21. The van der Waals surface area contributed by atoms with Crippen molar-refractivity contribution in [1.29, 1.82) is 0 Å². The average molecular weight is 233 g/mol. The summed E-state index contributed by atoms with van der Waals surface area (Å²) in [5.41, 5.74) is 6.72. The van der Waals surface area contributed by atoms with Gasteiger partial charge in [-0.05, 0) is 30.9 Å². The van der Waals surface area contributed by atoms with Crippen molar-refractivity contribution >= 4 is 11.6 Å². The molecule has 1 saturated heterocycles. The predicted octanol–water partition coefficient (Wildman–Crippen LogP) is 1.93. The number of hydrogen-bond donors (Lipinski definition) is 1. The van der Waals surface area contributed by atoms with Crippen molar-refractivity contribution in [3.63, 3.8) is 0 Å². The summed E-state index contributed by atoms with van der Waals surface area (Å²) in [6.45, 7) is 3.87. The Kier molecular flexibility index (Phi) is 3.61. The Morgan fingerprint density at radius 3 is 3.18 bits per heavy atom. The lowest BCUT2D eigenvalue weighted by Crippen LogP contribution is -2.40. The van der Waals surface area contributed by atoms with Gasteiger partial charge in [0.2, 0.25) is 0 Å². The first-order valence-corrected chi connectivity index (χ1v) is 6.21. The number of piperidine rings is 1. The van der Waals surface area contributed by atoms with E-state index in [1.807, 2.05) is 4.90 Å². The molecule has 1 fully saturated rings. The molecule has 0 bridgehead atoms. The number of carbonyl (C=O) groups is 1. The van der Waals surface area contributed by atoms with Gasteiger partial charge in [0.05, 0.1) is 0 Å². The van der Waals surface area contributed by atoms with E-state index in [4.69, 9.17) is 5.73 Å². The molecule has 1 atom stereocenters. The van der Waals surface area contributed by atoms with Crippen LogP contribution in [0.3, 0.4) is 0 Å². The summed E-state index contributed by atoms with van der Waals surface area (Å²) in [4.78, 5) is 18.2. The number of anilines is 1. The second-order valence-electron chi connectivity index (χ2n) is 4.64. The topological polar surface area (TPSA) is 59.2 Å². The molecule has 1 aromatic rings. The van der Waals surface area contributed by atoms with Crippen molar-refractivity contribution in [3.05, 3.63) is 24.0 Å². The van der Waals surface area contributed by atoms with Crippen LogP contribution in [0.15, 0.2) is 18.3 Å². The van der Waals surface area contributed by atoms with Crippen LogP contribution in [0.2, 0.25) is 0 Å². The van der Waals surface area contributed by atoms with E-state index in [0.717, 1.165) is 25.9 Å². The Labute approximate surface area is 102 Å². The molecule has 1 aromatic heterocycles. The van der Waals surface area contributed by atoms with Gasteiger partial charge in [-0.15, -0.1) is 0 Å². The fourth-order valence-electron chi connectivity index (χ4n) is 2.31. The third-order valence-corrected chi connectivity index (χ3v) is 3.39. The van der Waals surface area contributed by atoms with Gasteiger partial charge in [0.1, 0.15) is 5.69 Å². The molecule has 2 N–H and O–H groups in total. The number of pyridine rings is 1. The van der Waals surface area contributed by atoms with E-state index in [2.05, 4.69) is 11.9 Å². The number of likely N-dealkylation sites (tertiary alicyclic amines) is 1. The average Bonchev–Trinajstić information content (AvgIpc) is 2.38. The maximum atomic E-state index is 12.2. The van der Waals surface area contributed by atoms with Crippen molar-refractivity contribution in [2.45, 2.75) is 26.2 Å². The molecule has 1 aliphatic rings. The molecule has 4 heteroatoms. The van der Waals surface area contributed by atoms with Gasteiger partial charge in [-0.1, -0.05) is 13.3 Å². The minimum absolute atomic E-state index is 0.00968. The van der Waals surface area contributed by atoms with Crippen LogP contribution in [0.1, 0.15) is 36.7 Å². The molecular formula is C13H19N3O. The number of nitrogens with two attached hydrogens (primary N) is 1. The lowest BCUT2D eigenvalue weighted by atomic mass is 9.95. The van der Waals surface area contributed by atoms with Gasteiger partial charge < -0.3 is 10.6 Å². The van der Waals surface area contributed by atoms with Crippen molar-refractivity contribution in [3.8, 4) is 0 Å². The van der Waals surface area contributed by atoms with Gasteiger partial charge in [0.25, 0.3) is 5.91 Å². The highest BCUT2D eigenvalue weighted by molar-refractivity contribution is 5.93. The molecule has 17 heavy (non-hydrogen) atoms. The highest BCUT2D eigenvalue weighted by Crippen LogP contribution is 2.20. The Morgan fingerprint density at radius 2 is 2.47 bits per heavy atom. The number of amides is 1. The third-order valence-electron chi connectivity index (χ3n) is 3.39. The van der Waals surface area contributed by atoms with E-state index >= 15 is 0 Å². The van der Waals surface area contributed by atoms with E-state index in [1.165, 1.54) is 6.42 Å².